The Labute approximate surface area is 218 Å². The van der Waals surface area contributed by atoms with E-state index in [4.69, 9.17) is 19.9 Å². The van der Waals surface area contributed by atoms with Gasteiger partial charge in [0.2, 0.25) is 0 Å². The van der Waals surface area contributed by atoms with Crippen molar-refractivity contribution in [3.8, 4) is 22.9 Å². The third-order valence-electron chi connectivity index (χ3n) is 6.54. The molecular formula is C29H25N5O4. The first kappa shape index (κ1) is 23.5. The van der Waals surface area contributed by atoms with E-state index in [9.17, 15) is 4.79 Å². The van der Waals surface area contributed by atoms with Crippen LogP contribution in [0.5, 0.6) is 17.2 Å². The molecule has 1 aliphatic heterocycles. The summed E-state index contributed by atoms with van der Waals surface area (Å²) < 4.78 is 19.2. The molecule has 0 saturated heterocycles. The second-order valence-corrected chi connectivity index (χ2v) is 8.92. The van der Waals surface area contributed by atoms with Gasteiger partial charge >= 0.3 is 0 Å². The van der Waals surface area contributed by atoms with E-state index in [-0.39, 0.29) is 12.0 Å². The molecule has 3 aromatic carbocycles. The largest absolute Gasteiger partial charge is 0.497 e. The van der Waals surface area contributed by atoms with Gasteiger partial charge in [-0.25, -0.2) is 9.97 Å². The predicted octanol–water partition coefficient (Wildman–Crippen LogP) is 5.65. The van der Waals surface area contributed by atoms with Gasteiger partial charge in [0.15, 0.2) is 5.82 Å². The summed E-state index contributed by atoms with van der Waals surface area (Å²) >= 11 is 0. The van der Waals surface area contributed by atoms with Crippen molar-refractivity contribution in [1.82, 2.24) is 14.5 Å². The molecule has 1 atom stereocenters. The third-order valence-corrected chi connectivity index (χ3v) is 6.54. The van der Waals surface area contributed by atoms with Crippen molar-refractivity contribution in [1.29, 1.82) is 0 Å². The lowest BCUT2D eigenvalue weighted by Gasteiger charge is -2.12. The van der Waals surface area contributed by atoms with E-state index in [0.29, 0.717) is 40.9 Å². The minimum Gasteiger partial charge on any atom is -0.497 e. The molecule has 0 fully saturated rings. The van der Waals surface area contributed by atoms with Crippen molar-refractivity contribution in [3.05, 3.63) is 95.9 Å². The molecule has 1 aliphatic rings. The van der Waals surface area contributed by atoms with E-state index in [1.165, 1.54) is 6.33 Å². The zero-order chi connectivity index (χ0) is 26.2. The van der Waals surface area contributed by atoms with E-state index in [2.05, 4.69) is 19.9 Å². The van der Waals surface area contributed by atoms with Gasteiger partial charge in [0.1, 0.15) is 34.6 Å². The fraction of sp³-hybridized carbons (Fsp3) is 0.138. The highest BCUT2D eigenvalue weighted by Gasteiger charge is 2.30. The van der Waals surface area contributed by atoms with Crippen molar-refractivity contribution >= 4 is 28.4 Å². The monoisotopic (exact) mass is 507 g/mol. The maximum Gasteiger partial charge on any atom is 0.255 e. The number of carbonyl (C=O) groups excluding carboxylic acids is 1. The Balaban J connectivity index is 1.23. The number of ether oxygens (including phenoxy) is 3. The average Bonchev–Trinajstić information content (AvgIpc) is 3.48. The van der Waals surface area contributed by atoms with Crippen LogP contribution in [0.4, 0.5) is 11.5 Å². The Morgan fingerprint density at radius 3 is 2.63 bits per heavy atom. The molecule has 6 rings (SSSR count). The highest BCUT2D eigenvalue weighted by molar-refractivity contribution is 6.04. The Morgan fingerprint density at radius 2 is 1.82 bits per heavy atom. The molecule has 9 heteroatoms. The first-order chi connectivity index (χ1) is 18.5. The molecule has 2 aromatic heterocycles. The SMILES string of the molecule is COc1cccc(C(=O)Nc2cccc(Oc3ccc(-n4c5c(c6ncnc(N)c64)C(C)OC5)cc3)c2)c1. The van der Waals surface area contributed by atoms with Gasteiger partial charge in [0.25, 0.3) is 5.91 Å². The summed E-state index contributed by atoms with van der Waals surface area (Å²) in [6.07, 6.45) is 1.42. The molecule has 3 heterocycles. The Hall–Kier alpha value is -4.89. The van der Waals surface area contributed by atoms with Gasteiger partial charge in [0.05, 0.1) is 25.5 Å². The zero-order valence-corrected chi connectivity index (χ0v) is 20.8. The lowest BCUT2D eigenvalue weighted by atomic mass is 10.1. The molecular weight excluding hydrogens is 482 g/mol. The van der Waals surface area contributed by atoms with Crippen molar-refractivity contribution in [3.63, 3.8) is 0 Å². The minimum absolute atomic E-state index is 0.0673. The van der Waals surface area contributed by atoms with E-state index in [1.54, 1.807) is 43.5 Å². The van der Waals surface area contributed by atoms with Gasteiger partial charge in [-0.1, -0.05) is 12.1 Å². The highest BCUT2D eigenvalue weighted by Crippen LogP contribution is 2.41. The van der Waals surface area contributed by atoms with E-state index >= 15 is 0 Å². The number of hydrogen-bond acceptors (Lipinski definition) is 7. The summed E-state index contributed by atoms with van der Waals surface area (Å²) in [6.45, 7) is 2.48. The summed E-state index contributed by atoms with van der Waals surface area (Å²) in [5, 5.41) is 2.90. The molecule has 0 spiro atoms. The molecule has 0 radical (unpaired) electrons. The number of hydrogen-bond donors (Lipinski definition) is 2. The van der Waals surface area contributed by atoms with Crippen LogP contribution < -0.4 is 20.5 Å². The van der Waals surface area contributed by atoms with Crippen LogP contribution in [0.2, 0.25) is 0 Å². The van der Waals surface area contributed by atoms with Gasteiger partial charge in [-0.2, -0.15) is 0 Å². The molecule has 1 unspecified atom stereocenters. The number of nitrogen functional groups attached to an aromatic ring is 1. The fourth-order valence-electron chi connectivity index (χ4n) is 4.75. The number of fused-ring (bicyclic) bond motifs is 3. The number of anilines is 2. The van der Waals surface area contributed by atoms with E-state index < -0.39 is 0 Å². The van der Waals surface area contributed by atoms with Crippen LogP contribution in [0.1, 0.15) is 34.6 Å². The maximum absolute atomic E-state index is 12.7. The summed E-state index contributed by atoms with van der Waals surface area (Å²) in [7, 11) is 1.57. The van der Waals surface area contributed by atoms with Crippen molar-refractivity contribution in [2.45, 2.75) is 19.6 Å². The van der Waals surface area contributed by atoms with Gasteiger partial charge in [-0.3, -0.25) is 4.79 Å². The van der Waals surface area contributed by atoms with Gasteiger partial charge in [-0.15, -0.1) is 0 Å². The number of nitrogens with one attached hydrogen (secondary N) is 1. The molecule has 0 saturated carbocycles. The summed E-state index contributed by atoms with van der Waals surface area (Å²) in [5.74, 6) is 2.04. The number of amides is 1. The van der Waals surface area contributed by atoms with Crippen molar-refractivity contribution < 1.29 is 19.0 Å². The summed E-state index contributed by atoms with van der Waals surface area (Å²) in [6, 6.07) is 21.9. The number of nitrogens with zero attached hydrogens (tertiary/aromatic N) is 3. The lowest BCUT2D eigenvalue weighted by Crippen LogP contribution is -2.11. The first-order valence-corrected chi connectivity index (χ1v) is 12.1. The second-order valence-electron chi connectivity index (χ2n) is 8.92. The average molecular weight is 508 g/mol. The smallest absolute Gasteiger partial charge is 0.255 e. The number of benzene rings is 3. The Morgan fingerprint density at radius 1 is 1.03 bits per heavy atom. The van der Waals surface area contributed by atoms with Crippen molar-refractivity contribution in [2.75, 3.05) is 18.2 Å². The summed E-state index contributed by atoms with van der Waals surface area (Å²) in [5.41, 5.74) is 11.9. The summed E-state index contributed by atoms with van der Waals surface area (Å²) in [4.78, 5) is 21.4. The highest BCUT2D eigenvalue weighted by atomic mass is 16.5. The molecule has 0 bridgehead atoms. The van der Waals surface area contributed by atoms with E-state index in [0.717, 1.165) is 28.0 Å². The molecule has 1 amide bonds. The van der Waals surface area contributed by atoms with Crippen LogP contribution >= 0.6 is 0 Å². The second kappa shape index (κ2) is 9.53. The molecule has 9 nitrogen and oxygen atoms in total. The first-order valence-electron chi connectivity index (χ1n) is 12.1. The Kier molecular flexibility index (Phi) is 5.89. The topological polar surface area (TPSA) is 114 Å². The number of aromatic nitrogens is 3. The van der Waals surface area contributed by atoms with Crippen LogP contribution in [0.15, 0.2) is 79.1 Å². The van der Waals surface area contributed by atoms with E-state index in [1.807, 2.05) is 43.3 Å². The molecule has 5 aromatic rings. The van der Waals surface area contributed by atoms with Crippen molar-refractivity contribution in [2.24, 2.45) is 0 Å². The van der Waals surface area contributed by atoms with Crippen LogP contribution in [-0.4, -0.2) is 27.6 Å². The molecule has 0 aliphatic carbocycles. The Bertz CT molecular complexity index is 1660. The predicted molar refractivity (Wildman–Crippen MR) is 144 cm³/mol. The van der Waals surface area contributed by atoms with Crippen LogP contribution in [0, 0.1) is 0 Å². The lowest BCUT2D eigenvalue weighted by molar-refractivity contribution is 0.0783. The standard InChI is InChI=1S/C29H25N5O4/c1-17-25-24(15-37-17)34(27-26(25)31-16-32-28(27)30)20-9-11-21(12-10-20)38-23-8-4-6-19(14-23)33-29(35)18-5-3-7-22(13-18)36-2/h3-14,16-17H,15H2,1-2H3,(H,33,35)(H2,30,31,32). The number of nitrogens with two attached hydrogens (primary N) is 1. The van der Waals surface area contributed by atoms with Crippen LogP contribution in [0.3, 0.4) is 0 Å². The van der Waals surface area contributed by atoms with Crippen LogP contribution in [0.25, 0.3) is 16.7 Å². The molecule has 190 valence electrons. The number of rotatable bonds is 6. The zero-order valence-electron chi connectivity index (χ0n) is 20.8. The normalized spacial score (nSPS) is 14.3. The fourth-order valence-corrected chi connectivity index (χ4v) is 4.75. The van der Waals surface area contributed by atoms with Crippen LogP contribution in [-0.2, 0) is 11.3 Å². The molecule has 38 heavy (non-hydrogen) atoms. The van der Waals surface area contributed by atoms with Gasteiger partial charge in [0, 0.05) is 28.6 Å². The number of carbonyl (C=O) groups is 1. The minimum atomic E-state index is -0.238. The maximum atomic E-state index is 12.7. The quantitative estimate of drug-likeness (QED) is 0.305. The van der Waals surface area contributed by atoms with Gasteiger partial charge < -0.3 is 29.8 Å². The number of methoxy groups -OCH3 is 1. The molecule has 3 N–H and O–H groups in total. The third kappa shape index (κ3) is 4.18. The van der Waals surface area contributed by atoms with Gasteiger partial charge in [-0.05, 0) is 61.5 Å².